The molecule has 0 amide bonds. The second-order valence-corrected chi connectivity index (χ2v) is 1.48. The van der Waals surface area contributed by atoms with Crippen molar-refractivity contribution in [2.75, 3.05) is 0 Å². The number of cyclic esters (lactones) is 1. The van der Waals surface area contributed by atoms with Crippen LogP contribution in [0.25, 0.3) is 0 Å². The van der Waals surface area contributed by atoms with Gasteiger partial charge in [0.05, 0.1) is 0 Å². The van der Waals surface area contributed by atoms with Crippen LogP contribution >= 0.6 is 12.2 Å². The number of ether oxygens (including phenoxy) is 1. The van der Waals surface area contributed by atoms with Gasteiger partial charge in [0.2, 0.25) is 0 Å². The molecular weight excluding hydrogens is 112 g/mol. The fraction of sp³-hybridized carbons (Fsp3) is 0. The number of esters is 1. The molecule has 0 unspecified atom stereocenters. The predicted molar refractivity (Wildman–Crippen MR) is 27.8 cm³/mol. The van der Waals surface area contributed by atoms with Gasteiger partial charge in [0.1, 0.15) is 0 Å². The first-order valence-electron chi connectivity index (χ1n) is 1.73. The van der Waals surface area contributed by atoms with E-state index in [1.807, 2.05) is 0 Å². The molecule has 0 radical (unpaired) electrons. The van der Waals surface area contributed by atoms with E-state index in [9.17, 15) is 4.79 Å². The summed E-state index contributed by atoms with van der Waals surface area (Å²) in [4.78, 5) is 10.1. The Hall–Kier alpha value is -0.700. The molecule has 0 saturated carbocycles. The molecule has 0 aliphatic carbocycles. The van der Waals surface area contributed by atoms with Gasteiger partial charge in [-0.25, -0.2) is 4.79 Å². The molecule has 0 saturated heterocycles. The normalized spacial score (nSPS) is 17.7. The topological polar surface area (TPSA) is 26.3 Å². The minimum Gasteiger partial charge on any atom is -0.411 e. The van der Waals surface area contributed by atoms with E-state index in [1.54, 1.807) is 0 Å². The molecule has 1 aliphatic heterocycles. The quantitative estimate of drug-likeness (QED) is 0.337. The molecule has 0 aromatic heterocycles. The fourth-order valence-corrected chi connectivity index (χ4v) is 0.453. The monoisotopic (exact) mass is 114 g/mol. The summed E-state index contributed by atoms with van der Waals surface area (Å²) in [6, 6.07) is 0. The highest BCUT2D eigenvalue weighted by Gasteiger charge is 2.06. The van der Waals surface area contributed by atoms with Crippen molar-refractivity contribution in [3.63, 3.8) is 0 Å². The lowest BCUT2D eigenvalue weighted by Crippen LogP contribution is -1.94. The number of rotatable bonds is 0. The van der Waals surface area contributed by atoms with Crippen molar-refractivity contribution >= 4 is 23.2 Å². The maximum atomic E-state index is 10.1. The number of hydrogen-bond donors (Lipinski definition) is 0. The Kier molecular flexibility index (Phi) is 0.906. The number of carbonyl (C=O) groups is 1. The molecule has 0 spiro atoms. The summed E-state index contributed by atoms with van der Waals surface area (Å²) >= 11 is 4.47. The van der Waals surface area contributed by atoms with Gasteiger partial charge in [-0.3, -0.25) is 0 Å². The van der Waals surface area contributed by atoms with Crippen LogP contribution in [0.1, 0.15) is 0 Å². The highest BCUT2D eigenvalue weighted by atomic mass is 32.1. The van der Waals surface area contributed by atoms with Gasteiger partial charge >= 0.3 is 5.97 Å². The van der Waals surface area contributed by atoms with E-state index in [1.165, 1.54) is 12.2 Å². The highest BCUT2D eigenvalue weighted by molar-refractivity contribution is 7.80. The van der Waals surface area contributed by atoms with E-state index >= 15 is 0 Å². The van der Waals surface area contributed by atoms with Gasteiger partial charge in [0.15, 0.2) is 5.05 Å². The van der Waals surface area contributed by atoms with Gasteiger partial charge in [-0.1, -0.05) is 0 Å². The van der Waals surface area contributed by atoms with E-state index in [2.05, 4.69) is 17.0 Å². The van der Waals surface area contributed by atoms with E-state index < -0.39 is 0 Å². The van der Waals surface area contributed by atoms with Crippen molar-refractivity contribution in [2.45, 2.75) is 0 Å². The Morgan fingerprint density at radius 3 is 2.43 bits per heavy atom. The average Bonchev–Trinajstić information content (AvgIpc) is 1.87. The standard InChI is InChI=1S/C4H2O2S/c5-3-1-2-4(7)6-3/h1-2H. The lowest BCUT2D eigenvalue weighted by molar-refractivity contribution is -0.129. The van der Waals surface area contributed by atoms with Crippen molar-refractivity contribution in [1.82, 2.24) is 0 Å². The SMILES string of the molecule is O=C1C=CC(=S)O1. The molecule has 0 atom stereocenters. The molecule has 2 nitrogen and oxygen atoms in total. The van der Waals surface area contributed by atoms with Crippen LogP contribution in [0.15, 0.2) is 12.2 Å². The summed E-state index contributed by atoms with van der Waals surface area (Å²) in [5.41, 5.74) is 0. The number of carbonyl (C=O) groups excluding carboxylic acids is 1. The molecule has 0 bridgehead atoms. The summed E-state index contributed by atoms with van der Waals surface area (Å²) in [7, 11) is 0. The van der Waals surface area contributed by atoms with Crippen molar-refractivity contribution in [1.29, 1.82) is 0 Å². The second kappa shape index (κ2) is 1.42. The molecule has 1 rings (SSSR count). The van der Waals surface area contributed by atoms with Crippen molar-refractivity contribution in [3.8, 4) is 0 Å². The van der Waals surface area contributed by atoms with E-state index in [4.69, 9.17) is 0 Å². The minimum absolute atomic E-state index is 0.255. The smallest absolute Gasteiger partial charge is 0.337 e. The van der Waals surface area contributed by atoms with Gasteiger partial charge in [-0.2, -0.15) is 0 Å². The van der Waals surface area contributed by atoms with Crippen LogP contribution in [0.5, 0.6) is 0 Å². The third-order valence-electron chi connectivity index (χ3n) is 0.557. The second-order valence-electron chi connectivity index (χ2n) is 1.07. The largest absolute Gasteiger partial charge is 0.411 e. The first-order valence-corrected chi connectivity index (χ1v) is 2.14. The predicted octanol–water partition coefficient (Wildman–Crippen LogP) is 0.427. The zero-order chi connectivity index (χ0) is 5.28. The molecule has 0 aromatic rings. The lowest BCUT2D eigenvalue weighted by Gasteiger charge is -1.83. The summed E-state index contributed by atoms with van der Waals surface area (Å²) in [5, 5.41) is 0.255. The van der Waals surface area contributed by atoms with Gasteiger partial charge in [-0.15, -0.1) is 0 Å². The van der Waals surface area contributed by atoms with E-state index in [0.717, 1.165) is 0 Å². The Morgan fingerprint density at radius 1 is 1.57 bits per heavy atom. The van der Waals surface area contributed by atoms with Crippen molar-refractivity contribution < 1.29 is 9.53 Å². The summed E-state index contributed by atoms with van der Waals surface area (Å²) in [5.74, 6) is -0.370. The van der Waals surface area contributed by atoms with Crippen molar-refractivity contribution in [3.05, 3.63) is 12.2 Å². The molecule has 1 aliphatic rings. The first kappa shape index (κ1) is 4.46. The first-order chi connectivity index (χ1) is 3.29. The number of thiocarbonyl (C=S) groups is 1. The molecule has 0 N–H and O–H groups in total. The van der Waals surface area contributed by atoms with Crippen LogP contribution in [0.4, 0.5) is 0 Å². The zero-order valence-corrected chi connectivity index (χ0v) is 4.20. The highest BCUT2D eigenvalue weighted by Crippen LogP contribution is 1.95. The molecule has 36 valence electrons. The minimum atomic E-state index is -0.370. The Labute approximate surface area is 45.8 Å². The Morgan fingerprint density at radius 2 is 2.29 bits per heavy atom. The fourth-order valence-electron chi connectivity index (χ4n) is 0.303. The molecule has 3 heteroatoms. The zero-order valence-electron chi connectivity index (χ0n) is 3.38. The van der Waals surface area contributed by atoms with Crippen LogP contribution in [0.3, 0.4) is 0 Å². The van der Waals surface area contributed by atoms with Gasteiger partial charge < -0.3 is 4.74 Å². The van der Waals surface area contributed by atoms with E-state index in [-0.39, 0.29) is 11.0 Å². The van der Waals surface area contributed by atoms with Gasteiger partial charge in [0, 0.05) is 6.08 Å². The van der Waals surface area contributed by atoms with Crippen LogP contribution in [-0.4, -0.2) is 11.0 Å². The third kappa shape index (κ3) is 0.838. The third-order valence-corrected chi connectivity index (χ3v) is 0.776. The Balaban J connectivity index is 2.76. The van der Waals surface area contributed by atoms with E-state index in [0.29, 0.717) is 0 Å². The van der Waals surface area contributed by atoms with Gasteiger partial charge in [-0.05, 0) is 18.3 Å². The molecule has 1 heterocycles. The summed E-state index contributed by atoms with van der Waals surface area (Å²) in [6.07, 6.45) is 2.75. The average molecular weight is 114 g/mol. The van der Waals surface area contributed by atoms with Crippen LogP contribution in [0.2, 0.25) is 0 Å². The van der Waals surface area contributed by atoms with Crippen LogP contribution in [0, 0.1) is 0 Å². The lowest BCUT2D eigenvalue weighted by atomic mass is 10.6. The van der Waals surface area contributed by atoms with Gasteiger partial charge in [0.25, 0.3) is 0 Å². The molecule has 7 heavy (non-hydrogen) atoms. The maximum absolute atomic E-state index is 10.1. The molecule has 0 aromatic carbocycles. The summed E-state index contributed by atoms with van der Waals surface area (Å²) in [6.45, 7) is 0. The van der Waals surface area contributed by atoms with Crippen LogP contribution < -0.4 is 0 Å². The summed E-state index contributed by atoms with van der Waals surface area (Å²) < 4.78 is 4.34. The Bertz CT molecular complexity index is 132. The molecular formula is C4H2O2S. The van der Waals surface area contributed by atoms with Crippen LogP contribution in [-0.2, 0) is 9.53 Å². The van der Waals surface area contributed by atoms with Crippen molar-refractivity contribution in [2.24, 2.45) is 0 Å². The maximum Gasteiger partial charge on any atom is 0.337 e. The molecule has 0 fully saturated rings. The number of hydrogen-bond acceptors (Lipinski definition) is 3.